The first-order chi connectivity index (χ1) is 58.6. The third kappa shape index (κ3) is 28.8. The molecule has 122 heavy (non-hydrogen) atoms. The summed E-state index contributed by atoms with van der Waals surface area (Å²) < 4.78 is 295. The van der Waals surface area contributed by atoms with Gasteiger partial charge in [-0.25, -0.2) is 44.2 Å². The molecular weight excluding hydrogens is 1840 g/mol. The third-order valence-corrected chi connectivity index (χ3v) is 21.9. The number of ether oxygens (including phenoxy) is 27. The molecule has 7 fully saturated rings. The Kier molecular flexibility index (Phi) is 48.1. The second-order valence-electron chi connectivity index (χ2n) is 25.2. The Balaban J connectivity index is 1.23. The minimum Gasteiger partial charge on any atom is -0.479 e. The second kappa shape index (κ2) is 54.5. The van der Waals surface area contributed by atoms with E-state index in [1.54, 1.807) is 0 Å². The van der Waals surface area contributed by atoms with Gasteiger partial charge in [-0.1, -0.05) is 25.2 Å². The van der Waals surface area contributed by atoms with Crippen molar-refractivity contribution in [3.8, 4) is 0 Å². The lowest BCUT2D eigenvalue weighted by Crippen LogP contribution is -2.70. The van der Waals surface area contributed by atoms with Crippen molar-refractivity contribution >= 4 is 94.4 Å². The number of aliphatic carboxylic acids is 2. The van der Waals surface area contributed by atoms with Crippen molar-refractivity contribution in [2.75, 3.05) is 133 Å². The minimum absolute atomic E-state index is 0.0195. The summed E-state index contributed by atoms with van der Waals surface area (Å²) in [5, 5.41) is 85.9. The van der Waals surface area contributed by atoms with Gasteiger partial charge in [0, 0.05) is 99.5 Å². The van der Waals surface area contributed by atoms with Crippen LogP contribution in [0.4, 0.5) is 0 Å². The molecule has 0 amide bonds. The van der Waals surface area contributed by atoms with Crippen LogP contribution in [0.5, 0.6) is 0 Å². The van der Waals surface area contributed by atoms with Gasteiger partial charge >= 0.3 is 32.7 Å². The number of rotatable bonds is 57. The fourth-order valence-corrected chi connectivity index (χ4v) is 16.5. The molecule has 14 unspecified atom stereocenters. The topological polar surface area (TPSA) is 691 Å². The van der Waals surface area contributed by atoms with Crippen molar-refractivity contribution in [2.45, 2.75) is 215 Å². The van der Waals surface area contributed by atoms with Crippen LogP contribution in [-0.4, -0.2) is 422 Å². The minimum atomic E-state index is -5.59. The highest BCUT2D eigenvalue weighted by molar-refractivity contribution is 7.90. The van der Waals surface area contributed by atoms with E-state index in [0.29, 0.717) is 0 Å². The van der Waals surface area contributed by atoms with E-state index in [4.69, 9.17) is 173 Å². The maximum absolute atomic E-state index is 13.9. The van der Waals surface area contributed by atoms with Gasteiger partial charge in [0.1, 0.15) is 146 Å². The highest BCUT2D eigenvalue weighted by Gasteiger charge is 2.63. The average Bonchev–Trinajstić information content (AvgIpc) is 0.794. The molecule has 0 aromatic carbocycles. The van der Waals surface area contributed by atoms with Gasteiger partial charge in [0.15, 0.2) is 130 Å². The van der Waals surface area contributed by atoms with E-state index in [-0.39, 0.29) is 74.8 Å². The molecule has 0 saturated carbocycles. The first-order valence-corrected chi connectivity index (χ1v) is 40.7. The van der Waals surface area contributed by atoms with Gasteiger partial charge in [0.05, 0.1) is 33.0 Å². The first kappa shape index (κ1) is 108. The quantitative estimate of drug-likeness (QED) is 0.0102. The number of methoxy groups -OCH3 is 14. The Morgan fingerprint density at radius 1 is 0.270 bits per heavy atom. The van der Waals surface area contributed by atoms with Gasteiger partial charge in [-0.2, -0.15) is 16.8 Å². The smallest absolute Gasteiger partial charge is 0.397 e. The zero-order chi connectivity index (χ0) is 89.5. The zero-order valence-corrected chi connectivity index (χ0v) is 71.8. The molecule has 0 spiro atoms. The highest BCUT2D eigenvalue weighted by Crippen LogP contribution is 2.45. The molecule has 0 aromatic rings. The second-order valence-corrected chi connectivity index (χ2v) is 29.7. The molecule has 716 valence electrons. The van der Waals surface area contributed by atoms with E-state index in [1.165, 1.54) is 49.8 Å². The molecule has 0 bridgehead atoms. The monoisotopic (exact) mass is 1940 g/mol. The molecule has 9 N–H and O–H groups in total. The molecule has 7 saturated heterocycles. The molecule has 7 aliphatic rings. The van der Waals surface area contributed by atoms with Crippen LogP contribution in [0, 0.1) is 0 Å². The normalized spacial score (nSPS) is 38.7. The molecule has 7 aliphatic heterocycles. The molecule has 35 atom stereocenters. The van der Waals surface area contributed by atoms with Crippen LogP contribution in [0.15, 0.2) is 0 Å². The van der Waals surface area contributed by atoms with Gasteiger partial charge < -0.3 is 138 Å². The molecule has 7 heterocycles. The van der Waals surface area contributed by atoms with Crippen LogP contribution >= 0.6 is 61.6 Å². The van der Waals surface area contributed by atoms with Gasteiger partial charge in [0.2, 0.25) is 0 Å². The Morgan fingerprint density at radius 3 is 0.803 bits per heavy atom. The molecule has 66 heteroatoms. The number of carboxylic acids is 2. The van der Waals surface area contributed by atoms with E-state index < -0.39 is 267 Å². The van der Waals surface area contributed by atoms with Crippen molar-refractivity contribution in [3.05, 3.63) is 0 Å². The summed E-state index contributed by atoms with van der Waals surface area (Å²) in [6.07, 6.45) is -59.8. The van der Waals surface area contributed by atoms with Gasteiger partial charge in [0.25, 0.3) is 0 Å². The van der Waals surface area contributed by atoms with Crippen LogP contribution in [-0.2, 0) is 234 Å². The molecule has 59 nitrogen and oxygen atoms in total. The molecule has 0 radical (unpaired) electrons. The summed E-state index contributed by atoms with van der Waals surface area (Å²) in [6, 6.07) is 0. The summed E-state index contributed by atoms with van der Waals surface area (Å²) >= 11 is -0.636. The van der Waals surface area contributed by atoms with Crippen LogP contribution in [0.25, 0.3) is 0 Å². The summed E-state index contributed by atoms with van der Waals surface area (Å²) in [4.78, 5) is 27.6. The lowest BCUT2D eigenvalue weighted by Gasteiger charge is -2.52. The predicted molar refractivity (Wildman–Crippen MR) is 377 cm³/mol. The van der Waals surface area contributed by atoms with Gasteiger partial charge in [-0.05, 0) is 0 Å². The molecular formula is C56H96O59S7. The lowest BCUT2D eigenvalue weighted by molar-refractivity contribution is -0.437. The van der Waals surface area contributed by atoms with E-state index in [9.17, 15) is 56.3 Å². The number of carbonyl (C=O) groups is 2. The van der Waals surface area contributed by atoms with Crippen molar-refractivity contribution in [3.63, 3.8) is 0 Å². The van der Waals surface area contributed by atoms with Crippen molar-refractivity contribution in [1.82, 2.24) is 0 Å². The van der Waals surface area contributed by atoms with Crippen molar-refractivity contribution in [2.24, 2.45) is 0 Å². The SMILES string of the molecule is COC[C@H]1O[C@H](O[C@H]2C(OC)C(OC)[C@@H](O[C@H]3C(COS(=O)(=O)O)O[C@@H](O[C@H]4C(C(=O)O)O[C@@H](O[C@H]5C(OSOOO)C(OSOOO)[C@@H](O[C@H]6C(OC)C(OC)[C@@H](O[C@H]7C(COSOOO)O[C@@H](OC)C(OSOOO)[C@H]7OSOOO)O[C@H]6C(=O)O)O[C@@H]5COS(=O)(=O)O)C(OC)[C@H]4OC)C(OC)[C@H]3OC)O[C@@H]2COC)C(OC)C(OC)[C@@H]1OC. The summed E-state index contributed by atoms with van der Waals surface area (Å²) in [7, 11) is 6.16. The lowest BCUT2D eigenvalue weighted by atomic mass is 9.94. The predicted octanol–water partition coefficient (Wildman–Crippen LogP) is -2.24. The van der Waals surface area contributed by atoms with Crippen LogP contribution in [0.3, 0.4) is 0 Å². The van der Waals surface area contributed by atoms with Crippen LogP contribution in [0.1, 0.15) is 0 Å². The third-order valence-electron chi connectivity index (χ3n) is 19.0. The maximum atomic E-state index is 13.9. The van der Waals surface area contributed by atoms with E-state index in [1.807, 2.05) is 0 Å². The first-order valence-electron chi connectivity index (χ1n) is 34.6. The zero-order valence-electron chi connectivity index (χ0n) is 66.0. The van der Waals surface area contributed by atoms with Gasteiger partial charge in [-0.3, -0.25) is 30.0 Å². The number of hydrogen-bond donors (Lipinski definition) is 9. The van der Waals surface area contributed by atoms with Crippen molar-refractivity contribution in [1.29, 1.82) is 0 Å². The largest absolute Gasteiger partial charge is 0.479 e. The highest BCUT2D eigenvalue weighted by atomic mass is 32.3. The average molecular weight is 1940 g/mol. The standard InChI is InChI=1S/C56H96O59S7/c1-72-15-20-25(74-3)30(75-4)41(80-9)51(90-20)94-26-21(16-73-2)91-52(42(81-10)31(26)76-5)95-27-23(18-87-121(66,67)68)92-53(43(82-11)32(27)77-6)98-35-33(78-7)44(83-12)55(100-39(35)48(57)58)97-29-24(19-88-122(69,70)71)93-56(47(105-120-115-110-65)38(29)103-118-113-108-63)99-36-34(79-8)45(84-13)54(101-40(36)49(59)60)96-28-22(17-86-116-111-106-61)89-50(85-14)46(104-119-114-109-64)37(28)102-117-112-107-62/h20-47,50-56,61-65H,15-19H2,1-14H3,(H,57,58)(H,59,60)(H,66,67,68)(H,69,70,71)/t20-,21-,22?,23?,24-,25-,26-,27+,28+,29-,30?,31?,32+,33+,34?,35-,36+,37+,38?,39?,40-,41?,42?,43?,44?,45?,46?,47?,50-,51-,52-,53+,54+,55-,56-/m1/s1. The Hall–Kier alpha value is -1.45. The Morgan fingerprint density at radius 2 is 0.508 bits per heavy atom. The Labute approximate surface area is 714 Å². The van der Waals surface area contributed by atoms with Crippen LogP contribution in [0.2, 0.25) is 0 Å². The fraction of sp³-hybridized carbons (Fsp3) is 0.964. The summed E-state index contributed by atoms with van der Waals surface area (Å²) in [5.41, 5.74) is 0. The molecule has 0 aliphatic carbocycles. The van der Waals surface area contributed by atoms with E-state index in [2.05, 4.69) is 46.9 Å². The van der Waals surface area contributed by atoms with Crippen LogP contribution < -0.4 is 0 Å². The van der Waals surface area contributed by atoms with E-state index in [0.717, 1.165) is 49.8 Å². The summed E-state index contributed by atoms with van der Waals surface area (Å²) in [5.74, 6) is -3.82. The number of carboxylic acid groups (broad SMARTS) is 2. The molecule has 0 aromatic heterocycles. The van der Waals surface area contributed by atoms with Gasteiger partial charge in [-0.15, -0.1) is 21.7 Å². The summed E-state index contributed by atoms with van der Waals surface area (Å²) in [6.45, 7) is -3.49. The Bertz CT molecular complexity index is 3170. The number of hydrogen-bond acceptors (Lipinski definition) is 60. The maximum Gasteiger partial charge on any atom is 0.397 e. The van der Waals surface area contributed by atoms with E-state index >= 15 is 0 Å². The van der Waals surface area contributed by atoms with Crippen molar-refractivity contribution < 1.29 is 276 Å². The fourth-order valence-electron chi connectivity index (χ4n) is 14.2. The molecule has 7 rings (SSSR count).